The van der Waals surface area contributed by atoms with E-state index in [1.807, 2.05) is 19.1 Å². The number of halogens is 3. The summed E-state index contributed by atoms with van der Waals surface area (Å²) in [6, 6.07) is 7.88. The first-order valence-corrected chi connectivity index (χ1v) is 9.26. The van der Waals surface area contributed by atoms with Crippen molar-refractivity contribution in [1.29, 1.82) is 0 Å². The van der Waals surface area contributed by atoms with Crippen LogP contribution >= 0.6 is 0 Å². The minimum absolute atomic E-state index is 0.0253. The molecular weight excluding hydrogens is 401 g/mol. The Morgan fingerprint density at radius 2 is 1.93 bits per heavy atom. The number of hydrogen-bond donors (Lipinski definition) is 3. The van der Waals surface area contributed by atoms with Gasteiger partial charge in [0.15, 0.2) is 11.6 Å². The van der Waals surface area contributed by atoms with Crippen LogP contribution < -0.4 is 0 Å². The molecule has 0 unspecified atom stereocenters. The van der Waals surface area contributed by atoms with E-state index in [1.54, 1.807) is 6.07 Å². The second-order valence-corrected chi connectivity index (χ2v) is 6.62. The Hall–Kier alpha value is -2.82. The van der Waals surface area contributed by atoms with Crippen LogP contribution in [-0.2, 0) is 23.9 Å². The maximum atomic E-state index is 12.9. The molecule has 1 atom stereocenters. The molecule has 0 radical (unpaired) electrons. The quantitative estimate of drug-likeness (QED) is 0.516. The number of aliphatic hydroxyl groups excluding tert-OH is 2. The number of nitrogens with one attached hydrogen (secondary N) is 1. The molecule has 160 valence electrons. The van der Waals surface area contributed by atoms with Crippen LogP contribution in [0.15, 0.2) is 36.5 Å². The molecule has 0 saturated heterocycles. The summed E-state index contributed by atoms with van der Waals surface area (Å²) in [7, 11) is 0. The molecule has 3 aromatic rings. The van der Waals surface area contributed by atoms with Gasteiger partial charge in [-0.2, -0.15) is 18.3 Å². The van der Waals surface area contributed by atoms with Gasteiger partial charge in [-0.25, -0.2) is 4.98 Å². The van der Waals surface area contributed by atoms with Crippen LogP contribution in [0.5, 0.6) is 0 Å². The van der Waals surface area contributed by atoms with Crippen LogP contribution in [-0.4, -0.2) is 49.7 Å². The zero-order chi connectivity index (χ0) is 21.7. The van der Waals surface area contributed by atoms with Gasteiger partial charge in [-0.1, -0.05) is 19.1 Å². The van der Waals surface area contributed by atoms with E-state index in [2.05, 4.69) is 20.2 Å². The summed E-state index contributed by atoms with van der Waals surface area (Å²) in [5, 5.41) is 25.0. The summed E-state index contributed by atoms with van der Waals surface area (Å²) in [5.41, 5.74) is 1.85. The molecule has 0 spiro atoms. The summed E-state index contributed by atoms with van der Waals surface area (Å²) in [4.78, 5) is 7.67. The van der Waals surface area contributed by atoms with Gasteiger partial charge in [-0.3, -0.25) is 10.1 Å². The topological polar surface area (TPSA) is 104 Å². The lowest BCUT2D eigenvalue weighted by Crippen LogP contribution is -2.19. The van der Waals surface area contributed by atoms with E-state index in [1.165, 1.54) is 6.07 Å². The Morgan fingerprint density at radius 1 is 1.13 bits per heavy atom. The Balaban J connectivity index is 1.80. The van der Waals surface area contributed by atoms with Gasteiger partial charge in [0.2, 0.25) is 0 Å². The van der Waals surface area contributed by atoms with Crippen LogP contribution in [0.3, 0.4) is 0 Å². The number of H-pyrrole nitrogens is 1. The number of alkyl halides is 3. The van der Waals surface area contributed by atoms with Gasteiger partial charge in [0, 0.05) is 17.3 Å². The predicted octanol–water partition coefficient (Wildman–Crippen LogP) is 2.98. The highest BCUT2D eigenvalue weighted by Gasteiger charge is 2.32. The monoisotopic (exact) mass is 422 g/mol. The molecule has 30 heavy (non-hydrogen) atoms. The molecule has 1 aromatic carbocycles. The lowest BCUT2D eigenvalue weighted by molar-refractivity contribution is -0.141. The van der Waals surface area contributed by atoms with Crippen LogP contribution in [0.1, 0.15) is 23.7 Å². The number of hydrogen-bond acceptors (Lipinski definition) is 6. The molecule has 0 fully saturated rings. The first kappa shape index (κ1) is 21.9. The Morgan fingerprint density at radius 3 is 2.63 bits per heavy atom. The SMILES string of the molecule is CCc1cc(-c2n[nH]c(-c3ccnc(C(F)(F)F)c3)n2)ccc1COC[C@@H](O)CO. The summed E-state index contributed by atoms with van der Waals surface area (Å²) in [6.07, 6.45) is -3.67. The molecule has 2 heterocycles. The number of pyridine rings is 1. The highest BCUT2D eigenvalue weighted by Crippen LogP contribution is 2.30. The highest BCUT2D eigenvalue weighted by atomic mass is 19.4. The smallest absolute Gasteiger partial charge is 0.394 e. The molecular formula is C20H21F3N4O3. The van der Waals surface area contributed by atoms with Crippen molar-refractivity contribution in [3.05, 3.63) is 53.3 Å². The van der Waals surface area contributed by atoms with Gasteiger partial charge >= 0.3 is 6.18 Å². The minimum atomic E-state index is -4.54. The number of aliphatic hydroxyl groups is 2. The zero-order valence-corrected chi connectivity index (χ0v) is 16.1. The van der Waals surface area contributed by atoms with Crippen molar-refractivity contribution in [3.8, 4) is 22.8 Å². The number of aryl methyl sites for hydroxylation is 1. The van der Waals surface area contributed by atoms with Crippen molar-refractivity contribution < 1.29 is 28.1 Å². The van der Waals surface area contributed by atoms with E-state index >= 15 is 0 Å². The van der Waals surface area contributed by atoms with Crippen molar-refractivity contribution in [2.24, 2.45) is 0 Å². The second-order valence-electron chi connectivity index (χ2n) is 6.62. The van der Waals surface area contributed by atoms with E-state index < -0.39 is 18.0 Å². The second kappa shape index (κ2) is 9.33. The van der Waals surface area contributed by atoms with E-state index in [-0.39, 0.29) is 31.2 Å². The third-order valence-corrected chi connectivity index (χ3v) is 4.43. The van der Waals surface area contributed by atoms with Crippen LogP contribution in [0, 0.1) is 0 Å². The highest BCUT2D eigenvalue weighted by molar-refractivity contribution is 5.62. The fourth-order valence-corrected chi connectivity index (χ4v) is 2.85. The summed E-state index contributed by atoms with van der Waals surface area (Å²) in [6.45, 7) is 1.91. The van der Waals surface area contributed by atoms with Gasteiger partial charge in [0.05, 0.1) is 19.8 Å². The van der Waals surface area contributed by atoms with E-state index in [4.69, 9.17) is 9.84 Å². The predicted molar refractivity (Wildman–Crippen MR) is 102 cm³/mol. The first-order chi connectivity index (χ1) is 14.3. The number of rotatable bonds is 8. The fraction of sp³-hybridized carbons (Fsp3) is 0.350. The number of aromatic amines is 1. The molecule has 0 bridgehead atoms. The van der Waals surface area contributed by atoms with Gasteiger partial charge < -0.3 is 14.9 Å². The lowest BCUT2D eigenvalue weighted by atomic mass is 10.0. The van der Waals surface area contributed by atoms with E-state index in [9.17, 15) is 18.3 Å². The number of aromatic nitrogens is 4. The van der Waals surface area contributed by atoms with Crippen LogP contribution in [0.2, 0.25) is 0 Å². The molecule has 2 aromatic heterocycles. The molecule has 3 rings (SSSR count). The van der Waals surface area contributed by atoms with Gasteiger partial charge in [0.1, 0.15) is 11.8 Å². The van der Waals surface area contributed by atoms with Crippen molar-refractivity contribution in [2.45, 2.75) is 32.2 Å². The normalized spacial score (nSPS) is 12.9. The van der Waals surface area contributed by atoms with Crippen molar-refractivity contribution in [3.63, 3.8) is 0 Å². The average Bonchev–Trinajstić information content (AvgIpc) is 3.23. The molecule has 10 heteroatoms. The fourth-order valence-electron chi connectivity index (χ4n) is 2.85. The van der Waals surface area contributed by atoms with Gasteiger partial charge in [-0.15, -0.1) is 0 Å². The van der Waals surface area contributed by atoms with Gasteiger partial charge in [-0.05, 0) is 35.7 Å². The van der Waals surface area contributed by atoms with Crippen molar-refractivity contribution >= 4 is 0 Å². The van der Waals surface area contributed by atoms with E-state index in [0.717, 1.165) is 23.4 Å². The molecule has 7 nitrogen and oxygen atoms in total. The number of benzene rings is 1. The standard InChI is InChI=1S/C20H21F3N4O3/c1-2-12-7-13(3-4-15(12)10-30-11-16(29)9-28)18-25-19(27-26-18)14-5-6-24-17(8-14)20(21,22)23/h3-8,16,28-29H,2,9-11H2,1H3,(H,25,26,27)/t16-/m0/s1. The third kappa shape index (κ3) is 5.21. The Bertz CT molecular complexity index is 991. The average molecular weight is 422 g/mol. The van der Waals surface area contributed by atoms with Crippen LogP contribution in [0.4, 0.5) is 13.2 Å². The third-order valence-electron chi connectivity index (χ3n) is 4.43. The number of nitrogens with zero attached hydrogens (tertiary/aromatic N) is 3. The summed E-state index contributed by atoms with van der Waals surface area (Å²) >= 11 is 0. The molecule has 0 aliphatic heterocycles. The Kier molecular flexibility index (Phi) is 6.80. The lowest BCUT2D eigenvalue weighted by Gasteiger charge is -2.12. The molecule has 3 N–H and O–H groups in total. The first-order valence-electron chi connectivity index (χ1n) is 9.26. The maximum absolute atomic E-state index is 12.9. The van der Waals surface area contributed by atoms with E-state index in [0.29, 0.717) is 17.8 Å². The van der Waals surface area contributed by atoms with Crippen molar-refractivity contribution in [2.75, 3.05) is 13.2 Å². The van der Waals surface area contributed by atoms with Gasteiger partial charge in [0.25, 0.3) is 0 Å². The number of ether oxygens (including phenoxy) is 1. The van der Waals surface area contributed by atoms with Crippen molar-refractivity contribution in [1.82, 2.24) is 20.2 Å². The Labute approximate surface area is 170 Å². The summed E-state index contributed by atoms with van der Waals surface area (Å²) in [5.74, 6) is 0.564. The zero-order valence-electron chi connectivity index (χ0n) is 16.1. The van der Waals surface area contributed by atoms with Crippen LogP contribution in [0.25, 0.3) is 22.8 Å². The largest absolute Gasteiger partial charge is 0.433 e. The summed E-state index contributed by atoms with van der Waals surface area (Å²) < 4.78 is 44.1. The molecule has 0 aliphatic carbocycles. The maximum Gasteiger partial charge on any atom is 0.433 e. The molecule has 0 amide bonds. The molecule has 0 aliphatic rings. The minimum Gasteiger partial charge on any atom is -0.394 e. The molecule has 0 saturated carbocycles.